The molecule has 0 saturated heterocycles. The lowest BCUT2D eigenvalue weighted by molar-refractivity contribution is -0.144. The molecule has 0 radical (unpaired) electrons. The molecule has 2 unspecified atom stereocenters. The summed E-state index contributed by atoms with van der Waals surface area (Å²) in [6.45, 7) is 4.44. The van der Waals surface area contributed by atoms with Crippen LogP contribution in [0.15, 0.2) is 85.1 Å². The monoisotopic (exact) mass is 608 g/mol. The lowest BCUT2D eigenvalue weighted by atomic mass is 9.82. The van der Waals surface area contributed by atoms with Crippen LogP contribution in [0.2, 0.25) is 0 Å². The molecule has 0 aromatic carbocycles. The van der Waals surface area contributed by atoms with Crippen LogP contribution in [-0.2, 0) is 9.59 Å². The molecule has 0 bridgehead atoms. The second-order valence-corrected chi connectivity index (χ2v) is 11.6. The number of rotatable bonds is 30. The van der Waals surface area contributed by atoms with Gasteiger partial charge in [0.05, 0.1) is 5.92 Å². The maximum atomic E-state index is 12.2. The van der Waals surface area contributed by atoms with Crippen molar-refractivity contribution in [1.82, 2.24) is 0 Å². The summed E-state index contributed by atoms with van der Waals surface area (Å²) in [6.07, 6.45) is 49.6. The largest absolute Gasteiger partial charge is 0.481 e. The zero-order chi connectivity index (χ0) is 32.4. The quantitative estimate of drug-likeness (QED) is 0.0628. The van der Waals surface area contributed by atoms with Gasteiger partial charge in [-0.2, -0.15) is 0 Å². The van der Waals surface area contributed by atoms with Gasteiger partial charge in [-0.05, 0) is 89.4 Å². The Morgan fingerprint density at radius 2 is 0.955 bits per heavy atom. The number of unbranched alkanes of at least 4 members (excludes halogenated alkanes) is 7. The third-order valence-corrected chi connectivity index (χ3v) is 7.66. The number of aliphatic carboxylic acids is 2. The SMILES string of the molecule is CCCCC/C=C\C/C=C\C/C=C\C/C=C\CCC(C(=O)O)C(CC=CCC=CCC=CCCCC(=O)O)CCCCCC. The summed E-state index contributed by atoms with van der Waals surface area (Å²) in [5.74, 6) is -1.54. The van der Waals surface area contributed by atoms with Gasteiger partial charge in [0.1, 0.15) is 0 Å². The molecule has 4 nitrogen and oxygen atoms in total. The normalized spacial score (nSPS) is 14.1. The Morgan fingerprint density at radius 1 is 0.500 bits per heavy atom. The number of allylic oxidation sites excluding steroid dienone is 14. The van der Waals surface area contributed by atoms with E-state index in [0.717, 1.165) is 64.2 Å². The molecule has 0 heterocycles. The summed E-state index contributed by atoms with van der Waals surface area (Å²) in [6, 6.07) is 0. The maximum absolute atomic E-state index is 12.2. The van der Waals surface area contributed by atoms with E-state index in [1.54, 1.807) is 0 Å². The summed E-state index contributed by atoms with van der Waals surface area (Å²) in [5, 5.41) is 18.7. The Kier molecular flexibility index (Phi) is 30.9. The average Bonchev–Trinajstić information content (AvgIpc) is 3.00. The summed E-state index contributed by atoms with van der Waals surface area (Å²) in [4.78, 5) is 22.8. The van der Waals surface area contributed by atoms with Crippen molar-refractivity contribution in [1.29, 1.82) is 0 Å². The van der Waals surface area contributed by atoms with Crippen molar-refractivity contribution in [2.24, 2.45) is 11.8 Å². The van der Waals surface area contributed by atoms with E-state index < -0.39 is 11.9 Å². The lowest BCUT2D eigenvalue weighted by Crippen LogP contribution is -2.23. The van der Waals surface area contributed by atoms with E-state index in [-0.39, 0.29) is 18.3 Å². The van der Waals surface area contributed by atoms with E-state index in [0.29, 0.717) is 12.8 Å². The topological polar surface area (TPSA) is 74.6 Å². The van der Waals surface area contributed by atoms with Crippen LogP contribution >= 0.6 is 0 Å². The molecule has 0 spiro atoms. The van der Waals surface area contributed by atoms with Crippen molar-refractivity contribution < 1.29 is 19.8 Å². The molecule has 0 rings (SSSR count). The van der Waals surface area contributed by atoms with E-state index in [2.05, 4.69) is 92.8 Å². The molecule has 0 saturated carbocycles. The summed E-state index contributed by atoms with van der Waals surface area (Å²) in [5.41, 5.74) is 0. The van der Waals surface area contributed by atoms with Crippen LogP contribution in [0.1, 0.15) is 142 Å². The molecule has 0 aromatic rings. The first-order valence-electron chi connectivity index (χ1n) is 17.5. The first kappa shape index (κ1) is 41.1. The highest BCUT2D eigenvalue weighted by atomic mass is 16.4. The van der Waals surface area contributed by atoms with Crippen LogP contribution in [0.5, 0.6) is 0 Å². The van der Waals surface area contributed by atoms with Gasteiger partial charge in [0.15, 0.2) is 0 Å². The van der Waals surface area contributed by atoms with E-state index in [1.165, 1.54) is 44.9 Å². The molecular weight excluding hydrogens is 544 g/mol. The van der Waals surface area contributed by atoms with E-state index >= 15 is 0 Å². The minimum atomic E-state index is -0.741. The zero-order valence-corrected chi connectivity index (χ0v) is 28.1. The van der Waals surface area contributed by atoms with Crippen LogP contribution in [0.25, 0.3) is 0 Å². The van der Waals surface area contributed by atoms with Gasteiger partial charge in [0, 0.05) is 6.42 Å². The van der Waals surface area contributed by atoms with Gasteiger partial charge in [-0.3, -0.25) is 9.59 Å². The Balaban J connectivity index is 4.52. The summed E-state index contributed by atoms with van der Waals surface area (Å²) < 4.78 is 0. The van der Waals surface area contributed by atoms with Gasteiger partial charge < -0.3 is 10.2 Å². The van der Waals surface area contributed by atoms with Crippen LogP contribution < -0.4 is 0 Å². The Morgan fingerprint density at radius 3 is 1.45 bits per heavy atom. The zero-order valence-electron chi connectivity index (χ0n) is 28.1. The highest BCUT2D eigenvalue weighted by Gasteiger charge is 2.26. The van der Waals surface area contributed by atoms with Gasteiger partial charge in [-0.25, -0.2) is 0 Å². The smallest absolute Gasteiger partial charge is 0.306 e. The molecule has 2 N–H and O–H groups in total. The lowest BCUT2D eigenvalue weighted by Gasteiger charge is -2.23. The van der Waals surface area contributed by atoms with E-state index in [1.807, 2.05) is 6.08 Å². The Hall–Kier alpha value is -2.88. The second kappa shape index (κ2) is 33.0. The number of hydrogen-bond acceptors (Lipinski definition) is 2. The first-order chi connectivity index (χ1) is 21.5. The Labute approximate surface area is 270 Å². The molecule has 248 valence electrons. The minimum absolute atomic E-state index is 0.171. The van der Waals surface area contributed by atoms with Crippen LogP contribution in [0.3, 0.4) is 0 Å². The highest BCUT2D eigenvalue weighted by molar-refractivity contribution is 5.70. The summed E-state index contributed by atoms with van der Waals surface area (Å²) >= 11 is 0. The van der Waals surface area contributed by atoms with Gasteiger partial charge >= 0.3 is 11.9 Å². The molecule has 44 heavy (non-hydrogen) atoms. The van der Waals surface area contributed by atoms with Crippen LogP contribution in [0.4, 0.5) is 0 Å². The average molecular weight is 609 g/mol. The van der Waals surface area contributed by atoms with E-state index in [4.69, 9.17) is 5.11 Å². The second-order valence-electron chi connectivity index (χ2n) is 11.6. The molecule has 0 aliphatic rings. The molecule has 2 atom stereocenters. The van der Waals surface area contributed by atoms with Crippen molar-refractivity contribution in [3.05, 3.63) is 85.1 Å². The molecular formula is C40H64O4. The number of carboxylic acid groups (broad SMARTS) is 2. The Bertz CT molecular complexity index is 887. The molecule has 0 fully saturated rings. The maximum Gasteiger partial charge on any atom is 0.306 e. The third-order valence-electron chi connectivity index (χ3n) is 7.66. The fraction of sp³-hybridized carbons (Fsp3) is 0.600. The van der Waals surface area contributed by atoms with Gasteiger partial charge in [0.2, 0.25) is 0 Å². The van der Waals surface area contributed by atoms with Gasteiger partial charge in [-0.1, -0.05) is 137 Å². The van der Waals surface area contributed by atoms with E-state index in [9.17, 15) is 14.7 Å². The van der Waals surface area contributed by atoms with Crippen molar-refractivity contribution >= 4 is 11.9 Å². The third kappa shape index (κ3) is 29.2. The number of carbonyl (C=O) groups is 2. The molecule has 0 aromatic heterocycles. The molecule has 0 aliphatic heterocycles. The fourth-order valence-corrected chi connectivity index (χ4v) is 5.02. The van der Waals surface area contributed by atoms with Gasteiger partial charge in [0.25, 0.3) is 0 Å². The van der Waals surface area contributed by atoms with Gasteiger partial charge in [-0.15, -0.1) is 0 Å². The van der Waals surface area contributed by atoms with Crippen molar-refractivity contribution in [2.75, 3.05) is 0 Å². The standard InChI is InChI=1S/C40H64O4/c1-3-5-7-9-10-11-12-13-14-15-16-17-21-24-27-31-35-38(40(43)44)37(33-29-8-6-4-2)34-30-26-23-20-18-19-22-25-28-32-36-39(41)42/h10-11,13-14,16-18,20,22,24-27,30,37-38H,3-9,12,15,19,21,23,28-29,31-36H2,1-2H3,(H,41,42)(H,43,44)/b11-10-,14-13-,17-16-,20-18?,25-22?,27-24-,30-26?. The molecule has 0 amide bonds. The predicted octanol–water partition coefficient (Wildman–Crippen LogP) is 12.1. The van der Waals surface area contributed by atoms with Crippen LogP contribution in [0, 0.1) is 11.8 Å². The minimum Gasteiger partial charge on any atom is -0.481 e. The number of hydrogen-bond donors (Lipinski definition) is 2. The van der Waals surface area contributed by atoms with Crippen LogP contribution in [-0.4, -0.2) is 22.2 Å². The highest BCUT2D eigenvalue weighted by Crippen LogP contribution is 2.28. The fourth-order valence-electron chi connectivity index (χ4n) is 5.02. The molecule has 4 heteroatoms. The molecule has 0 aliphatic carbocycles. The van der Waals surface area contributed by atoms with Crippen molar-refractivity contribution in [2.45, 2.75) is 142 Å². The van der Waals surface area contributed by atoms with Crippen molar-refractivity contribution in [3.63, 3.8) is 0 Å². The number of carboxylic acids is 2. The first-order valence-corrected chi connectivity index (χ1v) is 17.5. The summed E-state index contributed by atoms with van der Waals surface area (Å²) in [7, 11) is 0. The van der Waals surface area contributed by atoms with Crippen molar-refractivity contribution in [3.8, 4) is 0 Å². The predicted molar refractivity (Wildman–Crippen MR) is 190 cm³/mol.